The smallest absolute Gasteiger partial charge is 0.465 e. The van der Waals surface area contributed by atoms with E-state index in [4.69, 9.17) is 9.47 Å². The van der Waals surface area contributed by atoms with E-state index in [0.717, 1.165) is 0 Å². The van der Waals surface area contributed by atoms with Gasteiger partial charge in [-0.05, 0) is 34.1 Å². The molecule has 17 heavy (non-hydrogen) atoms. The number of hydrogen-bond acceptors (Lipinski definition) is 5. The maximum atomic E-state index is 11.8. The van der Waals surface area contributed by atoms with E-state index < -0.39 is 17.7 Å². The molecule has 0 N–H and O–H groups in total. The third kappa shape index (κ3) is 4.24. The summed E-state index contributed by atoms with van der Waals surface area (Å²) in [6.45, 7) is 9.21. The summed E-state index contributed by atoms with van der Waals surface area (Å²) in [5, 5.41) is 0. The van der Waals surface area contributed by atoms with Crippen molar-refractivity contribution >= 4 is 12.1 Å². The second-order valence-corrected chi connectivity index (χ2v) is 3.93. The van der Waals surface area contributed by atoms with Crippen molar-refractivity contribution in [2.75, 3.05) is 13.2 Å². The molecule has 5 nitrogen and oxygen atoms in total. The van der Waals surface area contributed by atoms with Crippen molar-refractivity contribution in [3.8, 4) is 0 Å². The Balaban J connectivity index is 4.62. The summed E-state index contributed by atoms with van der Waals surface area (Å²) < 4.78 is 14.7. The Bertz CT molecular complexity index is 264. The lowest BCUT2D eigenvalue weighted by molar-refractivity contribution is -0.162. The van der Waals surface area contributed by atoms with Crippen LogP contribution in [0.2, 0.25) is 0 Å². The maximum Gasteiger partial charge on any atom is 0.508 e. The van der Waals surface area contributed by atoms with Gasteiger partial charge in [0.15, 0.2) is 0 Å². The van der Waals surface area contributed by atoms with Crippen LogP contribution in [0.1, 0.15) is 41.0 Å². The minimum atomic E-state index is -0.844. The summed E-state index contributed by atoms with van der Waals surface area (Å²) in [6, 6.07) is 0. The third-order valence-electron chi connectivity index (χ3n) is 2.91. The van der Waals surface area contributed by atoms with Crippen LogP contribution >= 0.6 is 0 Å². The monoisotopic (exact) mass is 246 g/mol. The van der Waals surface area contributed by atoms with Crippen molar-refractivity contribution in [2.45, 2.75) is 47.1 Å². The molecule has 0 aliphatic carbocycles. The molecule has 0 aliphatic heterocycles. The molecule has 0 aromatic carbocycles. The molecule has 0 aliphatic rings. The molecule has 0 saturated carbocycles. The lowest BCUT2D eigenvalue weighted by Gasteiger charge is -2.31. The molecular weight excluding hydrogens is 224 g/mol. The van der Waals surface area contributed by atoms with E-state index in [1.165, 1.54) is 0 Å². The molecule has 100 valence electrons. The van der Waals surface area contributed by atoms with E-state index >= 15 is 0 Å². The molecule has 0 saturated heterocycles. The summed E-state index contributed by atoms with van der Waals surface area (Å²) in [7, 11) is 0. The zero-order valence-electron chi connectivity index (χ0n) is 11.2. The van der Waals surface area contributed by atoms with Crippen LogP contribution in [0.25, 0.3) is 0 Å². The second-order valence-electron chi connectivity index (χ2n) is 3.93. The van der Waals surface area contributed by atoms with E-state index in [9.17, 15) is 9.59 Å². The fourth-order valence-corrected chi connectivity index (χ4v) is 1.32. The lowest BCUT2D eigenvalue weighted by Crippen LogP contribution is -2.41. The number of rotatable bonds is 6. The van der Waals surface area contributed by atoms with E-state index in [-0.39, 0.29) is 12.6 Å². The molecule has 0 amide bonds. The Morgan fingerprint density at radius 1 is 1.12 bits per heavy atom. The first kappa shape index (κ1) is 15.7. The Kier molecular flexibility index (Phi) is 6.61. The molecule has 0 rings (SSSR count). The Morgan fingerprint density at radius 2 is 1.65 bits per heavy atom. The average molecular weight is 246 g/mol. The average Bonchev–Trinajstić information content (AvgIpc) is 2.28. The number of carbonyl (C=O) groups excluding carboxylic acids is 2. The van der Waals surface area contributed by atoms with Gasteiger partial charge in [0.2, 0.25) is 0 Å². The first-order valence-corrected chi connectivity index (χ1v) is 5.92. The first-order chi connectivity index (χ1) is 7.92. The van der Waals surface area contributed by atoms with Crippen LogP contribution in [-0.2, 0) is 19.0 Å². The van der Waals surface area contributed by atoms with Gasteiger partial charge in [0, 0.05) is 0 Å². The highest BCUT2D eigenvalue weighted by atomic mass is 16.7. The fraction of sp³-hybridized carbons (Fsp3) is 0.833. The van der Waals surface area contributed by atoms with E-state index in [1.807, 2.05) is 6.92 Å². The molecule has 0 spiro atoms. The van der Waals surface area contributed by atoms with Gasteiger partial charge in [-0.1, -0.05) is 6.92 Å². The van der Waals surface area contributed by atoms with Crippen LogP contribution < -0.4 is 0 Å². The molecule has 0 fully saturated rings. The van der Waals surface area contributed by atoms with Crippen molar-refractivity contribution in [1.82, 2.24) is 0 Å². The Hall–Kier alpha value is -1.26. The Labute approximate surface area is 102 Å². The zero-order valence-corrected chi connectivity index (χ0v) is 11.2. The highest BCUT2D eigenvalue weighted by Gasteiger charge is 2.41. The molecule has 5 heteroatoms. The molecule has 2 atom stereocenters. The molecular formula is C12H22O5. The van der Waals surface area contributed by atoms with Gasteiger partial charge in [-0.25, -0.2) is 4.79 Å². The van der Waals surface area contributed by atoms with Crippen molar-refractivity contribution in [1.29, 1.82) is 0 Å². The third-order valence-corrected chi connectivity index (χ3v) is 2.91. The van der Waals surface area contributed by atoms with Crippen LogP contribution in [0.4, 0.5) is 4.79 Å². The highest BCUT2D eigenvalue weighted by molar-refractivity contribution is 5.77. The highest BCUT2D eigenvalue weighted by Crippen LogP contribution is 2.30. The van der Waals surface area contributed by atoms with Crippen LogP contribution in [0.15, 0.2) is 0 Å². The topological polar surface area (TPSA) is 61.8 Å². The summed E-state index contributed by atoms with van der Waals surface area (Å²) >= 11 is 0. The number of esters is 1. The van der Waals surface area contributed by atoms with E-state index in [0.29, 0.717) is 13.0 Å². The summed E-state index contributed by atoms with van der Waals surface area (Å²) in [6.07, 6.45) is -0.832. The van der Waals surface area contributed by atoms with Crippen molar-refractivity contribution in [3.05, 3.63) is 0 Å². The van der Waals surface area contributed by atoms with Gasteiger partial charge in [0.05, 0.1) is 13.2 Å². The van der Waals surface area contributed by atoms with E-state index in [2.05, 4.69) is 4.74 Å². The first-order valence-electron chi connectivity index (χ1n) is 5.92. The number of carbonyl (C=O) groups is 2. The number of hydrogen-bond donors (Lipinski definition) is 0. The van der Waals surface area contributed by atoms with Gasteiger partial charge in [-0.2, -0.15) is 0 Å². The van der Waals surface area contributed by atoms with Crippen LogP contribution in [-0.4, -0.2) is 31.4 Å². The molecule has 0 bridgehead atoms. The van der Waals surface area contributed by atoms with Crippen LogP contribution in [0.5, 0.6) is 0 Å². The van der Waals surface area contributed by atoms with Crippen molar-refractivity contribution < 1.29 is 23.8 Å². The van der Waals surface area contributed by atoms with Gasteiger partial charge in [-0.3, -0.25) is 4.79 Å². The largest absolute Gasteiger partial charge is 0.508 e. The number of ether oxygens (including phenoxy) is 3. The second kappa shape index (κ2) is 7.14. The minimum absolute atomic E-state index is 0.244. The van der Waals surface area contributed by atoms with Crippen LogP contribution in [0.3, 0.4) is 0 Å². The van der Waals surface area contributed by atoms with Gasteiger partial charge in [0.1, 0.15) is 11.5 Å². The van der Waals surface area contributed by atoms with Gasteiger partial charge >= 0.3 is 12.1 Å². The van der Waals surface area contributed by atoms with Gasteiger partial charge in [-0.15, -0.1) is 0 Å². The van der Waals surface area contributed by atoms with Crippen molar-refractivity contribution in [3.63, 3.8) is 0 Å². The normalized spacial score (nSPS) is 15.6. The summed E-state index contributed by atoms with van der Waals surface area (Å²) in [5.74, 6) is -0.362. The minimum Gasteiger partial charge on any atom is -0.465 e. The molecule has 0 aromatic rings. The summed E-state index contributed by atoms with van der Waals surface area (Å²) in [5.41, 5.74) is -0.844. The zero-order chi connectivity index (χ0) is 13.5. The maximum absolute atomic E-state index is 11.8. The predicted octanol–water partition coefficient (Wildman–Crippen LogP) is 2.53. The fourth-order valence-electron chi connectivity index (χ4n) is 1.32. The Morgan fingerprint density at radius 3 is 2.06 bits per heavy atom. The molecule has 0 heterocycles. The predicted molar refractivity (Wildman–Crippen MR) is 62.6 cm³/mol. The molecule has 0 aromatic heterocycles. The van der Waals surface area contributed by atoms with Gasteiger partial charge in [0.25, 0.3) is 0 Å². The SMILES string of the molecule is CCOC(=O)OC(C)C(C)(CC)C(=O)OCC. The van der Waals surface area contributed by atoms with E-state index in [1.54, 1.807) is 27.7 Å². The lowest BCUT2D eigenvalue weighted by atomic mass is 9.82. The van der Waals surface area contributed by atoms with Crippen molar-refractivity contribution in [2.24, 2.45) is 5.41 Å². The standard InChI is InChI=1S/C12H22O5/c1-6-12(5,10(13)15-7-2)9(4)17-11(14)16-8-3/h9H,6-8H2,1-5H3. The van der Waals surface area contributed by atoms with Crippen LogP contribution in [0, 0.1) is 5.41 Å². The molecule has 2 unspecified atom stereocenters. The van der Waals surface area contributed by atoms with Gasteiger partial charge < -0.3 is 14.2 Å². The quantitative estimate of drug-likeness (QED) is 0.674. The summed E-state index contributed by atoms with van der Waals surface area (Å²) in [4.78, 5) is 23.0. The molecule has 0 radical (unpaired) electrons.